The average molecular weight is 463 g/mol. The van der Waals surface area contributed by atoms with E-state index in [0.29, 0.717) is 12.0 Å². The van der Waals surface area contributed by atoms with Crippen LogP contribution in [0.5, 0.6) is 0 Å². The molecule has 2 aliphatic carbocycles. The normalized spacial score (nSPS) is 22.9. The maximum Gasteiger partial charge on any atom is 0.395 e. The van der Waals surface area contributed by atoms with Gasteiger partial charge in [0.15, 0.2) is 18.4 Å². The molecule has 2 N–H and O–H groups in total. The summed E-state index contributed by atoms with van der Waals surface area (Å²) in [6, 6.07) is 5.16. The monoisotopic (exact) mass is 463 g/mol. The van der Waals surface area contributed by atoms with Crippen molar-refractivity contribution in [3.05, 3.63) is 59.7 Å². The Hall–Kier alpha value is -2.97. The molecule has 2 unspecified atom stereocenters. The molecule has 0 bridgehead atoms. The van der Waals surface area contributed by atoms with Crippen LogP contribution in [0.2, 0.25) is 0 Å². The summed E-state index contributed by atoms with van der Waals surface area (Å²) in [5.74, 6) is -3.61. The highest BCUT2D eigenvalue weighted by Crippen LogP contribution is 2.66. The minimum absolute atomic E-state index is 0.000347. The first kappa shape index (κ1) is 23.2. The zero-order valence-corrected chi connectivity index (χ0v) is 18.1. The number of rotatable bonds is 9. The summed E-state index contributed by atoms with van der Waals surface area (Å²) < 4.78 is 43.5. The van der Waals surface area contributed by atoms with Gasteiger partial charge in [-0.25, -0.2) is 4.57 Å². The van der Waals surface area contributed by atoms with E-state index < -0.39 is 35.9 Å². The Kier molecular flexibility index (Phi) is 5.92. The summed E-state index contributed by atoms with van der Waals surface area (Å²) in [5.41, 5.74) is -0.0722. The molecule has 6 nitrogen and oxygen atoms in total. The van der Waals surface area contributed by atoms with E-state index >= 15 is 0 Å². The van der Waals surface area contributed by atoms with Crippen molar-refractivity contribution in [3.63, 3.8) is 0 Å². The summed E-state index contributed by atoms with van der Waals surface area (Å²) in [5, 5.41) is 18.8. The van der Waals surface area contributed by atoms with Crippen molar-refractivity contribution in [2.24, 2.45) is 11.3 Å². The second kappa shape index (κ2) is 8.43. The molecule has 0 saturated heterocycles. The molecule has 4 atom stereocenters. The molecule has 0 aliphatic heterocycles. The van der Waals surface area contributed by atoms with Gasteiger partial charge in [-0.05, 0) is 37.5 Å². The van der Waals surface area contributed by atoms with Crippen LogP contribution in [-0.4, -0.2) is 33.3 Å². The van der Waals surface area contributed by atoms with E-state index in [4.69, 9.17) is 0 Å². The summed E-state index contributed by atoms with van der Waals surface area (Å²) in [6.45, 7) is 1.78. The number of pyridine rings is 2. The van der Waals surface area contributed by atoms with Crippen LogP contribution < -0.4 is 4.57 Å². The lowest BCUT2D eigenvalue weighted by Crippen LogP contribution is -2.37. The van der Waals surface area contributed by atoms with E-state index in [0.717, 1.165) is 11.1 Å². The Morgan fingerprint density at radius 2 is 1.88 bits per heavy atom. The number of alkyl halides is 3. The first-order chi connectivity index (χ1) is 15.5. The number of aryl methyl sites for hydroxylation is 1. The quantitative estimate of drug-likeness (QED) is 0.538. The van der Waals surface area contributed by atoms with Gasteiger partial charge < -0.3 is 10.2 Å². The van der Waals surface area contributed by atoms with Gasteiger partial charge in [-0.1, -0.05) is 6.07 Å². The van der Waals surface area contributed by atoms with Gasteiger partial charge in [0.2, 0.25) is 0 Å². The van der Waals surface area contributed by atoms with Gasteiger partial charge in [0.05, 0.1) is 18.3 Å². The van der Waals surface area contributed by atoms with Crippen molar-refractivity contribution in [3.8, 4) is 0 Å². The van der Waals surface area contributed by atoms with Crippen LogP contribution in [-0.2, 0) is 9.59 Å². The molecule has 9 heteroatoms. The second-order valence-electron chi connectivity index (χ2n) is 9.36. The van der Waals surface area contributed by atoms with Crippen molar-refractivity contribution in [2.45, 2.75) is 63.1 Å². The lowest BCUT2D eigenvalue weighted by molar-refractivity contribution is -0.704. The molecule has 2 saturated carbocycles. The fraction of sp³-hybridized carbons (Fsp3) is 0.500. The lowest BCUT2D eigenvalue weighted by atomic mass is 9.80. The molecule has 2 aromatic rings. The van der Waals surface area contributed by atoms with E-state index in [9.17, 15) is 33.0 Å². The largest absolute Gasteiger partial charge is 0.481 e. The molecule has 0 radical (unpaired) electrons. The predicted molar refractivity (Wildman–Crippen MR) is 110 cm³/mol. The number of aliphatic carboxylic acids is 2. The number of hydrogen-bond acceptors (Lipinski definition) is 3. The zero-order chi connectivity index (χ0) is 24.0. The topological polar surface area (TPSA) is 91.4 Å². The highest BCUT2D eigenvalue weighted by Gasteiger charge is 2.67. The minimum Gasteiger partial charge on any atom is -0.481 e. The number of halogens is 3. The van der Waals surface area contributed by atoms with Gasteiger partial charge in [0, 0.05) is 47.7 Å². The molecular weight excluding hydrogens is 437 g/mol. The molecule has 2 heterocycles. The minimum atomic E-state index is -4.48. The number of carboxylic acid groups (broad SMARTS) is 2. The average Bonchev–Trinajstić information content (AvgIpc) is 3.63. The standard InChI is InChI=1S/C24H25F3N2O4/c1-14-7-16(19(10-22(32)33)23(4-5-23)24(25,26)27)13-29(12-14)20-8-18(20)17(9-21(30)31)15-3-2-6-28-11-15/h2-3,6-7,11-13,17-20H,4-5,8-10H2,1H3,(H-,30,31,32,33)/p+1/t17-,18?,19-,20?/m1/s1. The third-order valence-electron chi connectivity index (χ3n) is 7.06. The molecule has 2 fully saturated rings. The molecule has 2 aliphatic rings. The van der Waals surface area contributed by atoms with Crippen LogP contribution in [0.4, 0.5) is 13.2 Å². The van der Waals surface area contributed by atoms with Crippen molar-refractivity contribution >= 4 is 11.9 Å². The van der Waals surface area contributed by atoms with Crippen LogP contribution in [0, 0.1) is 18.3 Å². The molecule has 4 rings (SSSR count). The van der Waals surface area contributed by atoms with E-state index in [1.54, 1.807) is 37.6 Å². The van der Waals surface area contributed by atoms with E-state index in [1.165, 1.54) is 0 Å². The first-order valence-electron chi connectivity index (χ1n) is 10.9. The van der Waals surface area contributed by atoms with E-state index in [1.807, 2.05) is 16.8 Å². The van der Waals surface area contributed by atoms with Crippen LogP contribution >= 0.6 is 0 Å². The predicted octanol–water partition coefficient (Wildman–Crippen LogP) is 4.40. The SMILES string of the molecule is Cc1cc([C@@H](CC(=O)O)C2(C(F)(F)F)CC2)c[n+](C2CC2[C@H](CC(=O)O)c2cccnc2)c1. The summed E-state index contributed by atoms with van der Waals surface area (Å²) in [7, 11) is 0. The van der Waals surface area contributed by atoms with Crippen LogP contribution in [0.15, 0.2) is 43.0 Å². The fourth-order valence-corrected chi connectivity index (χ4v) is 5.21. The summed E-state index contributed by atoms with van der Waals surface area (Å²) >= 11 is 0. The molecular formula is C24H26F3N2O4+. The third kappa shape index (κ3) is 4.72. The second-order valence-corrected chi connectivity index (χ2v) is 9.36. The molecule has 0 amide bonds. The van der Waals surface area contributed by atoms with Gasteiger partial charge >= 0.3 is 18.1 Å². The van der Waals surface area contributed by atoms with Crippen molar-refractivity contribution in [1.29, 1.82) is 0 Å². The Bertz CT molecular complexity index is 1050. The van der Waals surface area contributed by atoms with Crippen molar-refractivity contribution in [1.82, 2.24) is 4.98 Å². The Morgan fingerprint density at radius 3 is 2.42 bits per heavy atom. The van der Waals surface area contributed by atoms with Crippen molar-refractivity contribution in [2.75, 3.05) is 0 Å². The molecule has 176 valence electrons. The van der Waals surface area contributed by atoms with E-state index in [-0.39, 0.29) is 37.1 Å². The van der Waals surface area contributed by atoms with Gasteiger partial charge in [0.1, 0.15) is 0 Å². The number of carboxylic acids is 2. The number of nitrogens with zero attached hydrogens (tertiary/aromatic N) is 2. The van der Waals surface area contributed by atoms with Gasteiger partial charge in [-0.3, -0.25) is 14.6 Å². The molecule has 0 spiro atoms. The highest BCUT2D eigenvalue weighted by molar-refractivity contribution is 5.68. The Labute approximate surface area is 189 Å². The van der Waals surface area contributed by atoms with Crippen LogP contribution in [0.3, 0.4) is 0 Å². The fourth-order valence-electron chi connectivity index (χ4n) is 5.21. The highest BCUT2D eigenvalue weighted by atomic mass is 19.4. The number of carbonyl (C=O) groups is 2. The lowest BCUT2D eigenvalue weighted by Gasteiger charge is -2.28. The summed E-state index contributed by atoms with van der Waals surface area (Å²) in [6.07, 6.45) is 2.15. The Morgan fingerprint density at radius 1 is 1.18 bits per heavy atom. The van der Waals surface area contributed by atoms with Gasteiger partial charge in [-0.15, -0.1) is 0 Å². The van der Waals surface area contributed by atoms with Gasteiger partial charge in [0.25, 0.3) is 0 Å². The smallest absolute Gasteiger partial charge is 0.395 e. The maximum absolute atomic E-state index is 13.9. The third-order valence-corrected chi connectivity index (χ3v) is 7.06. The maximum atomic E-state index is 13.9. The molecule has 2 aromatic heterocycles. The summed E-state index contributed by atoms with van der Waals surface area (Å²) in [4.78, 5) is 27.0. The number of hydrogen-bond donors (Lipinski definition) is 2. The van der Waals surface area contributed by atoms with E-state index in [2.05, 4.69) is 4.98 Å². The first-order valence-corrected chi connectivity index (χ1v) is 10.9. The van der Waals surface area contributed by atoms with Crippen LogP contribution in [0.1, 0.15) is 66.7 Å². The number of aromatic nitrogens is 2. The molecule has 0 aromatic carbocycles. The Balaban J connectivity index is 1.65. The van der Waals surface area contributed by atoms with Crippen LogP contribution in [0.25, 0.3) is 0 Å². The van der Waals surface area contributed by atoms with Crippen molar-refractivity contribution < 1.29 is 37.5 Å². The van der Waals surface area contributed by atoms with Gasteiger partial charge in [-0.2, -0.15) is 13.2 Å². The molecule has 33 heavy (non-hydrogen) atoms. The zero-order valence-electron chi connectivity index (χ0n) is 18.1.